The van der Waals surface area contributed by atoms with Crippen molar-refractivity contribution in [3.05, 3.63) is 101 Å². The van der Waals surface area contributed by atoms with Crippen molar-refractivity contribution in [3.8, 4) is 5.88 Å². The third-order valence-corrected chi connectivity index (χ3v) is 6.83. The highest BCUT2D eigenvalue weighted by Crippen LogP contribution is 2.50. The van der Waals surface area contributed by atoms with Crippen molar-refractivity contribution in [1.29, 1.82) is 0 Å². The number of benzene rings is 2. The van der Waals surface area contributed by atoms with Crippen molar-refractivity contribution in [2.24, 2.45) is 10.6 Å². The number of ether oxygens (including phenoxy) is 1. The molecular weight excluding hydrogens is 466 g/mol. The molecule has 2 aromatic carbocycles. The van der Waals surface area contributed by atoms with Gasteiger partial charge in [0.2, 0.25) is 5.88 Å². The van der Waals surface area contributed by atoms with Crippen molar-refractivity contribution < 1.29 is 14.4 Å². The molecule has 0 amide bonds. The number of Topliss-reactive ketones (excluding diaryl/α,β-unsaturated/α-hetero) is 1. The fraction of sp³-hybridized carbons (Fsp3) is 0.276. The van der Waals surface area contributed by atoms with Crippen molar-refractivity contribution in [1.82, 2.24) is 19.6 Å². The lowest BCUT2D eigenvalue weighted by molar-refractivity contribution is -0.118. The summed E-state index contributed by atoms with van der Waals surface area (Å²) in [6.07, 6.45) is 2.73. The van der Waals surface area contributed by atoms with E-state index >= 15 is 0 Å². The number of ketones is 1. The highest BCUT2D eigenvalue weighted by molar-refractivity contribution is 6.00. The van der Waals surface area contributed by atoms with Crippen LogP contribution in [0.3, 0.4) is 0 Å². The molecule has 37 heavy (non-hydrogen) atoms. The molecule has 6 rings (SSSR count). The fourth-order valence-corrected chi connectivity index (χ4v) is 5.15. The van der Waals surface area contributed by atoms with Gasteiger partial charge in [-0.1, -0.05) is 79.7 Å². The van der Waals surface area contributed by atoms with Crippen LogP contribution in [0.15, 0.2) is 83.5 Å². The lowest BCUT2D eigenvalue weighted by Crippen LogP contribution is -2.33. The standard InChI is InChI=1S/C29H27N5O3/c1-18(19-10-6-4-7-11-19)33-36-16-23-31-27-26-24(20-12-8-5-9-13-20)25-21(35)14-29(2,3)15-22(25)37-28(26)30-17-34(27)32-23/h4-13,17,24H,14-16H2,1-3H3/b33-18-/t24-/m0/s1. The first-order valence-electron chi connectivity index (χ1n) is 12.3. The van der Waals surface area contributed by atoms with E-state index in [1.54, 1.807) is 10.8 Å². The number of nitrogens with zero attached hydrogens (tertiary/aromatic N) is 5. The van der Waals surface area contributed by atoms with Gasteiger partial charge in [-0.3, -0.25) is 4.79 Å². The monoisotopic (exact) mass is 493 g/mol. The van der Waals surface area contributed by atoms with Gasteiger partial charge in [-0.15, -0.1) is 5.10 Å². The van der Waals surface area contributed by atoms with Crippen LogP contribution in [0.2, 0.25) is 0 Å². The molecule has 2 aliphatic rings. The Morgan fingerprint density at radius 3 is 2.59 bits per heavy atom. The molecule has 3 heterocycles. The third kappa shape index (κ3) is 4.28. The van der Waals surface area contributed by atoms with Crippen molar-refractivity contribution in [2.75, 3.05) is 0 Å². The quantitative estimate of drug-likeness (QED) is 0.279. The van der Waals surface area contributed by atoms with Gasteiger partial charge in [-0.25, -0.2) is 14.5 Å². The molecule has 186 valence electrons. The Labute approximate surface area is 214 Å². The third-order valence-electron chi connectivity index (χ3n) is 6.83. The summed E-state index contributed by atoms with van der Waals surface area (Å²) in [5.74, 6) is 1.39. The smallest absolute Gasteiger partial charge is 0.228 e. The molecule has 0 N–H and O–H groups in total. The van der Waals surface area contributed by atoms with Crippen LogP contribution in [0.1, 0.15) is 62.0 Å². The highest BCUT2D eigenvalue weighted by Gasteiger charge is 2.43. The largest absolute Gasteiger partial charge is 0.442 e. The van der Waals surface area contributed by atoms with Gasteiger partial charge in [0.1, 0.15) is 12.1 Å². The van der Waals surface area contributed by atoms with Gasteiger partial charge in [-0.05, 0) is 23.5 Å². The SMILES string of the molecule is C/C(=N/OCc1nc2c3c(ncn2n1)OC1=C(C(=O)CC(C)(C)C1)[C@@H]3c1ccccc1)c1ccccc1. The van der Waals surface area contributed by atoms with Crippen molar-refractivity contribution in [3.63, 3.8) is 0 Å². The number of hydrogen-bond donors (Lipinski definition) is 0. The summed E-state index contributed by atoms with van der Waals surface area (Å²) in [5.41, 5.74) is 4.59. The molecule has 0 spiro atoms. The van der Waals surface area contributed by atoms with E-state index in [0.29, 0.717) is 41.5 Å². The van der Waals surface area contributed by atoms with Crippen LogP contribution in [-0.4, -0.2) is 31.1 Å². The van der Waals surface area contributed by atoms with Crippen LogP contribution in [-0.2, 0) is 16.2 Å². The molecule has 0 bridgehead atoms. The summed E-state index contributed by atoms with van der Waals surface area (Å²) < 4.78 is 7.90. The molecule has 0 saturated heterocycles. The first-order valence-corrected chi connectivity index (χ1v) is 12.3. The van der Waals surface area contributed by atoms with E-state index in [-0.39, 0.29) is 23.7 Å². The zero-order valence-electron chi connectivity index (χ0n) is 21.0. The lowest BCUT2D eigenvalue weighted by atomic mass is 9.70. The Balaban J connectivity index is 1.39. The summed E-state index contributed by atoms with van der Waals surface area (Å²) >= 11 is 0. The predicted molar refractivity (Wildman–Crippen MR) is 138 cm³/mol. The zero-order chi connectivity index (χ0) is 25.6. The van der Waals surface area contributed by atoms with Gasteiger partial charge in [0, 0.05) is 24.3 Å². The van der Waals surface area contributed by atoms with Crippen LogP contribution >= 0.6 is 0 Å². The Morgan fingerprint density at radius 2 is 1.84 bits per heavy atom. The molecule has 2 aromatic heterocycles. The molecule has 8 nitrogen and oxygen atoms in total. The van der Waals surface area contributed by atoms with E-state index < -0.39 is 0 Å². The minimum absolute atomic E-state index is 0.0958. The lowest BCUT2D eigenvalue weighted by Gasteiger charge is -2.37. The number of rotatable bonds is 5. The molecule has 1 aliphatic heterocycles. The Bertz CT molecular complexity index is 1550. The summed E-state index contributed by atoms with van der Waals surface area (Å²) in [5, 5.41) is 8.78. The molecule has 1 atom stereocenters. The van der Waals surface area contributed by atoms with Crippen LogP contribution in [0, 0.1) is 5.41 Å². The highest BCUT2D eigenvalue weighted by atomic mass is 16.6. The predicted octanol–water partition coefficient (Wildman–Crippen LogP) is 5.23. The fourth-order valence-electron chi connectivity index (χ4n) is 5.15. The molecule has 8 heteroatoms. The van der Waals surface area contributed by atoms with Crippen molar-refractivity contribution >= 4 is 17.1 Å². The minimum atomic E-state index is -0.337. The van der Waals surface area contributed by atoms with Gasteiger partial charge < -0.3 is 9.57 Å². The van der Waals surface area contributed by atoms with Gasteiger partial charge in [0.15, 0.2) is 23.9 Å². The number of allylic oxidation sites excluding steroid dienone is 2. The Hall–Kier alpha value is -4.33. The second-order valence-corrected chi connectivity index (χ2v) is 10.3. The normalized spacial score (nSPS) is 18.8. The second-order valence-electron chi connectivity index (χ2n) is 10.3. The van der Waals surface area contributed by atoms with Gasteiger partial charge >= 0.3 is 0 Å². The van der Waals surface area contributed by atoms with E-state index in [9.17, 15) is 4.79 Å². The van der Waals surface area contributed by atoms with Gasteiger partial charge in [0.25, 0.3) is 0 Å². The maximum absolute atomic E-state index is 13.5. The summed E-state index contributed by atoms with van der Waals surface area (Å²) in [7, 11) is 0. The molecule has 1 aliphatic carbocycles. The van der Waals surface area contributed by atoms with Crippen LogP contribution < -0.4 is 4.74 Å². The summed E-state index contributed by atoms with van der Waals surface area (Å²) in [6, 6.07) is 19.8. The Kier molecular flexibility index (Phi) is 5.59. The van der Waals surface area contributed by atoms with E-state index in [1.165, 1.54) is 0 Å². The molecule has 0 fully saturated rings. The van der Waals surface area contributed by atoms with E-state index in [0.717, 1.165) is 22.4 Å². The number of fused-ring (bicyclic) bond motifs is 3. The van der Waals surface area contributed by atoms with Gasteiger partial charge in [0.05, 0.1) is 11.3 Å². The van der Waals surface area contributed by atoms with Crippen LogP contribution in [0.4, 0.5) is 0 Å². The van der Waals surface area contributed by atoms with Gasteiger partial charge in [-0.2, -0.15) is 0 Å². The average molecular weight is 494 g/mol. The maximum Gasteiger partial charge on any atom is 0.228 e. The van der Waals surface area contributed by atoms with Crippen LogP contribution in [0.25, 0.3) is 5.65 Å². The molecule has 0 radical (unpaired) electrons. The number of hydrogen-bond acceptors (Lipinski definition) is 7. The van der Waals surface area contributed by atoms with Crippen LogP contribution in [0.5, 0.6) is 5.88 Å². The number of carbonyl (C=O) groups excluding carboxylic acids is 1. The van der Waals surface area contributed by atoms with E-state index in [2.05, 4.69) is 29.1 Å². The topological polar surface area (TPSA) is 91.0 Å². The number of carbonyl (C=O) groups is 1. The van der Waals surface area contributed by atoms with E-state index in [4.69, 9.17) is 14.6 Å². The summed E-state index contributed by atoms with van der Waals surface area (Å²) in [6.45, 7) is 6.17. The Morgan fingerprint density at radius 1 is 1.11 bits per heavy atom. The minimum Gasteiger partial charge on any atom is -0.442 e. The first-order chi connectivity index (χ1) is 17.9. The average Bonchev–Trinajstić information content (AvgIpc) is 3.31. The van der Waals surface area contributed by atoms with E-state index in [1.807, 2.05) is 67.6 Å². The molecule has 0 unspecified atom stereocenters. The molecular formula is C29H27N5O3. The maximum atomic E-state index is 13.5. The first kappa shape index (κ1) is 23.1. The van der Waals surface area contributed by atoms with Crippen molar-refractivity contribution in [2.45, 2.75) is 46.1 Å². The molecule has 4 aromatic rings. The summed E-state index contributed by atoms with van der Waals surface area (Å²) in [4.78, 5) is 28.4. The molecule has 0 saturated carbocycles. The number of oxime groups is 1. The number of aromatic nitrogens is 4. The zero-order valence-corrected chi connectivity index (χ0v) is 21.0. The second kappa shape index (κ2) is 8.96.